The number of pyridine rings is 1. The smallest absolute Gasteiger partial charge is 0.410 e. The summed E-state index contributed by atoms with van der Waals surface area (Å²) in [5.74, 6) is 0.0614. The average molecular weight is 419 g/mol. The number of ether oxygens (including phenoxy) is 1. The number of carbonyl (C=O) groups is 2. The van der Waals surface area contributed by atoms with Gasteiger partial charge in [0.1, 0.15) is 5.60 Å². The molecule has 1 aromatic heterocycles. The van der Waals surface area contributed by atoms with Crippen molar-refractivity contribution in [3.8, 4) is 0 Å². The molecule has 0 saturated carbocycles. The van der Waals surface area contributed by atoms with E-state index in [1.54, 1.807) is 29.3 Å². The number of hydrogen-bond acceptors (Lipinski definition) is 5. The predicted octanol–water partition coefficient (Wildman–Crippen LogP) is 3.85. The van der Waals surface area contributed by atoms with Gasteiger partial charge in [-0.25, -0.2) is 4.79 Å². The van der Waals surface area contributed by atoms with E-state index in [4.69, 9.17) is 22.1 Å². The maximum absolute atomic E-state index is 12.8. The average Bonchev–Trinajstić information content (AvgIpc) is 2.68. The minimum absolute atomic E-state index is 0.231. The first-order chi connectivity index (χ1) is 13.7. The highest BCUT2D eigenvalue weighted by atomic mass is 35.5. The van der Waals surface area contributed by atoms with Crippen LogP contribution >= 0.6 is 11.6 Å². The third kappa shape index (κ3) is 5.09. The van der Waals surface area contributed by atoms with Crippen molar-refractivity contribution in [3.05, 3.63) is 35.0 Å². The van der Waals surface area contributed by atoms with Crippen LogP contribution in [0.4, 0.5) is 10.5 Å². The zero-order chi connectivity index (χ0) is 21.2. The highest BCUT2D eigenvalue weighted by Crippen LogP contribution is 2.30. The Balaban J connectivity index is 1.58. The quantitative estimate of drug-likeness (QED) is 0.738. The van der Waals surface area contributed by atoms with Gasteiger partial charge < -0.3 is 20.7 Å². The van der Waals surface area contributed by atoms with E-state index >= 15 is 0 Å². The summed E-state index contributed by atoms with van der Waals surface area (Å²) in [7, 11) is 0. The number of fused-ring (bicyclic) bond motifs is 1. The number of nitrogen functional groups attached to an aromatic ring is 1. The molecular formula is C21H27ClN4O3. The van der Waals surface area contributed by atoms with Crippen LogP contribution in [0.1, 0.15) is 44.0 Å². The number of halogens is 1. The molecule has 8 heteroatoms. The number of anilines is 1. The van der Waals surface area contributed by atoms with Crippen molar-refractivity contribution in [2.24, 2.45) is 5.92 Å². The molecule has 7 nitrogen and oxygen atoms in total. The molecule has 0 atom stereocenters. The second-order valence-electron chi connectivity index (χ2n) is 8.34. The highest BCUT2D eigenvalue weighted by Gasteiger charge is 2.27. The summed E-state index contributed by atoms with van der Waals surface area (Å²) in [6, 6.07) is 5.12. The van der Waals surface area contributed by atoms with Crippen molar-refractivity contribution in [3.63, 3.8) is 0 Å². The van der Waals surface area contributed by atoms with Crippen molar-refractivity contribution in [2.75, 3.05) is 25.4 Å². The van der Waals surface area contributed by atoms with Gasteiger partial charge in [-0.1, -0.05) is 11.6 Å². The number of likely N-dealkylation sites (tertiary alicyclic amines) is 1. The maximum atomic E-state index is 12.8. The SMILES string of the molecule is CC(C)(C)OC(=O)N1CCC(CNC(=O)c2cc(Cl)c(N)c3cccnc23)CC1. The maximum Gasteiger partial charge on any atom is 0.410 e. The van der Waals surface area contributed by atoms with E-state index < -0.39 is 5.60 Å². The summed E-state index contributed by atoms with van der Waals surface area (Å²) in [4.78, 5) is 30.9. The van der Waals surface area contributed by atoms with Crippen LogP contribution in [-0.2, 0) is 4.74 Å². The molecule has 156 valence electrons. The Kier molecular flexibility index (Phi) is 6.17. The fourth-order valence-corrected chi connectivity index (χ4v) is 3.60. The highest BCUT2D eigenvalue weighted by molar-refractivity contribution is 6.35. The fraction of sp³-hybridized carbons (Fsp3) is 0.476. The summed E-state index contributed by atoms with van der Waals surface area (Å²) in [6.45, 7) is 7.33. The lowest BCUT2D eigenvalue weighted by molar-refractivity contribution is 0.0183. The zero-order valence-corrected chi connectivity index (χ0v) is 17.8. The Hall–Kier alpha value is -2.54. The number of amides is 2. The molecular weight excluding hydrogens is 392 g/mol. The minimum atomic E-state index is -0.501. The Morgan fingerprint density at radius 1 is 1.34 bits per heavy atom. The van der Waals surface area contributed by atoms with Crippen molar-refractivity contribution in [1.29, 1.82) is 0 Å². The molecule has 29 heavy (non-hydrogen) atoms. The number of hydrogen-bond donors (Lipinski definition) is 2. The number of benzene rings is 1. The molecule has 0 unspecified atom stereocenters. The predicted molar refractivity (Wildman–Crippen MR) is 114 cm³/mol. The van der Waals surface area contributed by atoms with E-state index in [-0.39, 0.29) is 12.0 Å². The van der Waals surface area contributed by atoms with Gasteiger partial charge in [0, 0.05) is 31.2 Å². The van der Waals surface area contributed by atoms with E-state index in [0.29, 0.717) is 52.7 Å². The van der Waals surface area contributed by atoms with Gasteiger partial charge in [-0.15, -0.1) is 0 Å². The van der Waals surface area contributed by atoms with Crippen molar-refractivity contribution in [1.82, 2.24) is 15.2 Å². The third-order valence-electron chi connectivity index (χ3n) is 4.94. The molecule has 1 aliphatic heterocycles. The van der Waals surface area contributed by atoms with E-state index in [0.717, 1.165) is 12.8 Å². The van der Waals surface area contributed by atoms with Crippen LogP contribution in [0.5, 0.6) is 0 Å². The lowest BCUT2D eigenvalue weighted by Gasteiger charge is -2.33. The van der Waals surface area contributed by atoms with Crippen LogP contribution in [0, 0.1) is 5.92 Å². The number of piperidine rings is 1. The summed E-state index contributed by atoms with van der Waals surface area (Å²) in [5, 5.41) is 3.97. The van der Waals surface area contributed by atoms with Gasteiger partial charge in [-0.3, -0.25) is 9.78 Å². The van der Waals surface area contributed by atoms with E-state index in [1.165, 1.54) is 0 Å². The Bertz CT molecular complexity index is 918. The van der Waals surface area contributed by atoms with E-state index in [2.05, 4.69) is 10.3 Å². The van der Waals surface area contributed by atoms with Crippen LogP contribution < -0.4 is 11.1 Å². The molecule has 1 fully saturated rings. The molecule has 0 radical (unpaired) electrons. The monoisotopic (exact) mass is 418 g/mol. The van der Waals surface area contributed by atoms with Crippen LogP contribution in [0.2, 0.25) is 5.02 Å². The molecule has 1 aromatic carbocycles. The number of rotatable bonds is 3. The summed E-state index contributed by atoms with van der Waals surface area (Å²) < 4.78 is 5.42. The van der Waals surface area contributed by atoms with Gasteiger partial charge in [-0.05, 0) is 57.7 Å². The van der Waals surface area contributed by atoms with E-state index in [9.17, 15) is 9.59 Å². The van der Waals surface area contributed by atoms with Crippen molar-refractivity contribution >= 4 is 40.2 Å². The number of nitrogens with zero attached hydrogens (tertiary/aromatic N) is 2. The number of carbonyl (C=O) groups excluding carboxylic acids is 2. The molecule has 2 amide bonds. The van der Waals surface area contributed by atoms with E-state index in [1.807, 2.05) is 20.8 Å². The fourth-order valence-electron chi connectivity index (χ4n) is 3.39. The van der Waals surface area contributed by atoms with Gasteiger partial charge in [0.05, 0.1) is 21.8 Å². The Morgan fingerprint density at radius 3 is 2.69 bits per heavy atom. The number of aromatic nitrogens is 1. The Morgan fingerprint density at radius 2 is 2.03 bits per heavy atom. The van der Waals surface area contributed by atoms with Crippen LogP contribution in [0.3, 0.4) is 0 Å². The Labute approximate surface area is 175 Å². The molecule has 2 aromatic rings. The number of nitrogens with one attached hydrogen (secondary N) is 1. The van der Waals surface area contributed by atoms with Crippen LogP contribution in [0.25, 0.3) is 10.9 Å². The lowest BCUT2D eigenvalue weighted by atomic mass is 9.97. The summed E-state index contributed by atoms with van der Waals surface area (Å²) in [5.41, 5.74) is 6.87. The summed E-state index contributed by atoms with van der Waals surface area (Å²) >= 11 is 6.20. The second kappa shape index (κ2) is 8.45. The zero-order valence-electron chi connectivity index (χ0n) is 17.0. The van der Waals surface area contributed by atoms with Gasteiger partial charge in [0.2, 0.25) is 0 Å². The first kappa shape index (κ1) is 21.2. The molecule has 2 heterocycles. The molecule has 0 aliphatic carbocycles. The van der Waals surface area contributed by atoms with Gasteiger partial charge in [0.25, 0.3) is 5.91 Å². The molecule has 3 rings (SSSR count). The molecule has 0 bridgehead atoms. The molecule has 3 N–H and O–H groups in total. The molecule has 0 spiro atoms. The molecule has 1 saturated heterocycles. The summed E-state index contributed by atoms with van der Waals surface area (Å²) in [6.07, 6.45) is 2.95. The minimum Gasteiger partial charge on any atom is -0.444 e. The van der Waals surface area contributed by atoms with Gasteiger partial charge in [-0.2, -0.15) is 0 Å². The largest absolute Gasteiger partial charge is 0.444 e. The third-order valence-corrected chi connectivity index (χ3v) is 5.26. The number of nitrogens with two attached hydrogens (primary N) is 1. The van der Waals surface area contributed by atoms with Crippen LogP contribution in [-0.4, -0.2) is 47.1 Å². The van der Waals surface area contributed by atoms with Gasteiger partial charge >= 0.3 is 6.09 Å². The first-order valence-corrected chi connectivity index (χ1v) is 10.1. The standard InChI is InChI=1S/C21H27ClN4O3/c1-21(2,3)29-20(28)26-9-6-13(7-10-26)12-25-19(27)15-11-16(22)17(23)14-5-4-8-24-18(14)15/h4-5,8,11,13H,6-7,9-10,12,23H2,1-3H3,(H,25,27). The molecule has 1 aliphatic rings. The van der Waals surface area contributed by atoms with Crippen molar-refractivity contribution < 1.29 is 14.3 Å². The first-order valence-electron chi connectivity index (χ1n) is 9.74. The lowest BCUT2D eigenvalue weighted by Crippen LogP contribution is -2.43. The second-order valence-corrected chi connectivity index (χ2v) is 8.75. The van der Waals surface area contributed by atoms with Gasteiger partial charge in [0.15, 0.2) is 0 Å². The van der Waals surface area contributed by atoms with Crippen molar-refractivity contribution in [2.45, 2.75) is 39.2 Å². The van der Waals surface area contributed by atoms with Crippen LogP contribution in [0.15, 0.2) is 24.4 Å². The normalized spacial score (nSPS) is 15.4. The topological polar surface area (TPSA) is 97.5 Å².